The number of ketones is 3. The topological polar surface area (TPSA) is 127 Å². The van der Waals surface area contributed by atoms with Crippen LogP contribution in [0.15, 0.2) is 38.0 Å². The number of carbonyl (C=O) groups excluding carboxylic acids is 3. The van der Waals surface area contributed by atoms with Gasteiger partial charge in [0.25, 0.3) is 0 Å². The van der Waals surface area contributed by atoms with Gasteiger partial charge in [0.05, 0.1) is 11.3 Å². The van der Waals surface area contributed by atoms with E-state index in [9.17, 15) is 19.2 Å². The van der Waals surface area contributed by atoms with Crippen molar-refractivity contribution in [1.29, 1.82) is 0 Å². The van der Waals surface area contributed by atoms with Gasteiger partial charge in [0.15, 0.2) is 5.78 Å². The minimum absolute atomic E-state index is 0.0833. The van der Waals surface area contributed by atoms with Crippen molar-refractivity contribution >= 4 is 35.9 Å². The molecule has 9 heteroatoms. The molecular formula is C14H13N3O5S. The first kappa shape index (κ1) is 20.1. The molecule has 0 saturated carbocycles. The first-order valence-electron chi connectivity index (χ1n) is 5.90. The lowest BCUT2D eigenvalue weighted by molar-refractivity contribution is -0.133. The van der Waals surface area contributed by atoms with E-state index in [1.54, 1.807) is 0 Å². The number of nitrogens with zero attached hydrogens (tertiary/aromatic N) is 3. The van der Waals surface area contributed by atoms with Gasteiger partial charge in [-0.25, -0.2) is 0 Å². The third-order valence-electron chi connectivity index (χ3n) is 2.17. The first-order valence-corrected chi connectivity index (χ1v) is 6.53. The van der Waals surface area contributed by atoms with Crippen LogP contribution in [0.5, 0.6) is 0 Å². The molecule has 0 aliphatic carbocycles. The smallest absolute Gasteiger partial charge is 0.313 e. The Morgan fingerprint density at radius 1 is 0.913 bits per heavy atom. The molecular weight excluding hydrogens is 322 g/mol. The number of carboxylic acids is 1. The zero-order chi connectivity index (χ0) is 18.0. The fraction of sp³-hybridized carbons (Fsp3) is 0.0714. The van der Waals surface area contributed by atoms with Crippen LogP contribution >= 0.6 is 12.6 Å². The number of hydrogen-bond acceptors (Lipinski definition) is 8. The van der Waals surface area contributed by atoms with Gasteiger partial charge in [0.1, 0.15) is 11.4 Å². The first-order chi connectivity index (χ1) is 10.8. The van der Waals surface area contributed by atoms with Crippen LogP contribution < -0.4 is 0 Å². The molecule has 0 radical (unpaired) electrons. The standard InChI is InChI=1S/C12H9N3O3.C2H4O2S/c1-4-7(16)10-11(8(17)5-2)13-15-14-12(10)9(18)6-3;3-2(4)1-5/h4-6H,1-3H2;5H,1H2,(H,3,4). The van der Waals surface area contributed by atoms with E-state index in [0.29, 0.717) is 0 Å². The fourth-order valence-corrected chi connectivity index (χ4v) is 1.20. The summed E-state index contributed by atoms with van der Waals surface area (Å²) >= 11 is 3.42. The van der Waals surface area contributed by atoms with Gasteiger partial charge in [-0.2, -0.15) is 12.6 Å². The Hall–Kier alpha value is -2.94. The number of carbonyl (C=O) groups is 4. The maximum Gasteiger partial charge on any atom is 0.313 e. The van der Waals surface area contributed by atoms with Crippen molar-refractivity contribution in [3.8, 4) is 0 Å². The summed E-state index contributed by atoms with van der Waals surface area (Å²) in [6.45, 7) is 9.85. The van der Waals surface area contributed by atoms with Gasteiger partial charge in [0.2, 0.25) is 11.6 Å². The number of thiol groups is 1. The lowest BCUT2D eigenvalue weighted by Crippen LogP contribution is -2.18. The van der Waals surface area contributed by atoms with Crippen LogP contribution in [0.25, 0.3) is 0 Å². The highest BCUT2D eigenvalue weighted by Gasteiger charge is 2.24. The number of allylic oxidation sites excluding steroid dienone is 3. The summed E-state index contributed by atoms with van der Waals surface area (Å²) < 4.78 is 0. The number of aliphatic carboxylic acids is 1. The molecule has 0 amide bonds. The SMILES string of the molecule is C=CC(=O)c1nnnc(C(=O)C=C)c1C(=O)C=C.O=C(O)CS. The van der Waals surface area contributed by atoms with Gasteiger partial charge in [-0.05, 0) is 23.4 Å². The van der Waals surface area contributed by atoms with Crippen LogP contribution in [0.3, 0.4) is 0 Å². The minimum atomic E-state index is -0.881. The van der Waals surface area contributed by atoms with Crippen LogP contribution in [0, 0.1) is 0 Å². The predicted molar refractivity (Wildman–Crippen MR) is 84.9 cm³/mol. The third-order valence-corrected chi connectivity index (χ3v) is 2.44. The molecule has 23 heavy (non-hydrogen) atoms. The van der Waals surface area contributed by atoms with Crippen LogP contribution in [0.4, 0.5) is 0 Å². The Labute approximate surface area is 137 Å². The highest BCUT2D eigenvalue weighted by atomic mass is 32.1. The molecule has 0 saturated heterocycles. The summed E-state index contributed by atoms with van der Waals surface area (Å²) in [6, 6.07) is 0. The van der Waals surface area contributed by atoms with Crippen LogP contribution in [-0.4, -0.2) is 49.6 Å². The van der Waals surface area contributed by atoms with Crippen molar-refractivity contribution in [2.75, 3.05) is 5.75 Å². The number of hydrogen-bond donors (Lipinski definition) is 2. The molecule has 0 unspecified atom stereocenters. The molecule has 0 aromatic carbocycles. The zero-order valence-electron chi connectivity index (χ0n) is 11.9. The molecule has 1 heterocycles. The highest BCUT2D eigenvalue weighted by molar-refractivity contribution is 7.81. The summed E-state index contributed by atoms with van der Waals surface area (Å²) in [5, 5.41) is 17.8. The van der Waals surface area contributed by atoms with Gasteiger partial charge < -0.3 is 5.11 Å². The number of carboxylic acid groups (broad SMARTS) is 1. The second-order valence-corrected chi connectivity index (χ2v) is 3.93. The van der Waals surface area contributed by atoms with Crippen LogP contribution in [-0.2, 0) is 4.79 Å². The summed E-state index contributed by atoms with van der Waals surface area (Å²) in [5.74, 6) is -2.87. The van der Waals surface area contributed by atoms with Gasteiger partial charge in [-0.15, -0.1) is 10.2 Å². The Morgan fingerprint density at radius 3 is 1.52 bits per heavy atom. The molecule has 1 aromatic rings. The molecule has 8 nitrogen and oxygen atoms in total. The Bertz CT molecular complexity index is 647. The molecule has 1 rings (SSSR count). The fourth-order valence-electron chi connectivity index (χ4n) is 1.20. The van der Waals surface area contributed by atoms with E-state index < -0.39 is 23.3 Å². The molecule has 1 N–H and O–H groups in total. The van der Waals surface area contributed by atoms with Crippen molar-refractivity contribution in [1.82, 2.24) is 15.4 Å². The van der Waals surface area contributed by atoms with Gasteiger partial charge >= 0.3 is 5.97 Å². The lowest BCUT2D eigenvalue weighted by atomic mass is 10.0. The lowest BCUT2D eigenvalue weighted by Gasteiger charge is -2.04. The molecule has 0 aliphatic rings. The molecule has 120 valence electrons. The van der Waals surface area contributed by atoms with Crippen molar-refractivity contribution in [3.63, 3.8) is 0 Å². The summed E-state index contributed by atoms with van der Waals surface area (Å²) in [4.78, 5) is 44.1. The van der Waals surface area contributed by atoms with E-state index in [4.69, 9.17) is 5.11 Å². The number of rotatable bonds is 7. The van der Waals surface area contributed by atoms with Crippen LogP contribution in [0.2, 0.25) is 0 Å². The molecule has 0 spiro atoms. The molecule has 0 atom stereocenters. The van der Waals surface area contributed by atoms with Crippen molar-refractivity contribution in [2.24, 2.45) is 0 Å². The van der Waals surface area contributed by atoms with Gasteiger partial charge in [-0.1, -0.05) is 19.7 Å². The van der Waals surface area contributed by atoms with Crippen molar-refractivity contribution in [2.45, 2.75) is 0 Å². The normalized spacial score (nSPS) is 8.91. The maximum absolute atomic E-state index is 11.7. The number of aromatic nitrogens is 3. The summed E-state index contributed by atoms with van der Waals surface area (Å²) in [7, 11) is 0. The van der Waals surface area contributed by atoms with Crippen molar-refractivity contribution in [3.05, 3.63) is 54.9 Å². The van der Waals surface area contributed by atoms with E-state index in [1.807, 2.05) is 0 Å². The summed E-state index contributed by atoms with van der Waals surface area (Å²) in [6.07, 6.45) is 2.89. The van der Waals surface area contributed by atoms with E-state index in [1.165, 1.54) is 0 Å². The Balaban J connectivity index is 0.000000841. The van der Waals surface area contributed by atoms with E-state index in [-0.39, 0.29) is 22.7 Å². The molecule has 0 bridgehead atoms. The molecule has 0 aliphatic heterocycles. The average molecular weight is 335 g/mol. The maximum atomic E-state index is 11.7. The zero-order valence-corrected chi connectivity index (χ0v) is 12.8. The van der Waals surface area contributed by atoms with Crippen LogP contribution in [0.1, 0.15) is 31.3 Å². The second kappa shape index (κ2) is 9.90. The Kier molecular flexibility index (Phi) is 8.63. The largest absolute Gasteiger partial charge is 0.481 e. The van der Waals surface area contributed by atoms with E-state index in [0.717, 1.165) is 18.2 Å². The monoisotopic (exact) mass is 335 g/mol. The average Bonchev–Trinajstić information content (AvgIpc) is 2.59. The minimum Gasteiger partial charge on any atom is -0.481 e. The summed E-state index contributed by atoms with van der Waals surface area (Å²) in [5.41, 5.74) is -0.806. The highest BCUT2D eigenvalue weighted by Crippen LogP contribution is 2.13. The van der Waals surface area contributed by atoms with Gasteiger partial charge in [-0.3, -0.25) is 19.2 Å². The quantitative estimate of drug-likeness (QED) is 0.429. The predicted octanol–water partition coefficient (Wildman–Crippen LogP) is 0.978. The Morgan fingerprint density at radius 2 is 1.26 bits per heavy atom. The van der Waals surface area contributed by atoms with E-state index >= 15 is 0 Å². The third kappa shape index (κ3) is 5.75. The second-order valence-electron chi connectivity index (χ2n) is 3.62. The van der Waals surface area contributed by atoms with Gasteiger partial charge in [0, 0.05) is 0 Å². The van der Waals surface area contributed by atoms with E-state index in [2.05, 4.69) is 47.8 Å². The molecule has 1 aromatic heterocycles. The van der Waals surface area contributed by atoms with Crippen molar-refractivity contribution < 1.29 is 24.3 Å². The molecule has 0 fully saturated rings.